The quantitative estimate of drug-likeness (QED) is 0.466. The van der Waals surface area contributed by atoms with Crippen molar-refractivity contribution in [2.75, 3.05) is 5.43 Å². The Kier molecular flexibility index (Phi) is 7.01. The highest BCUT2D eigenvalue weighted by Gasteiger charge is 2.31. The van der Waals surface area contributed by atoms with Crippen molar-refractivity contribution in [1.82, 2.24) is 5.32 Å². The Labute approximate surface area is 182 Å². The van der Waals surface area contributed by atoms with E-state index >= 15 is 0 Å². The Hall–Kier alpha value is -3.59. The van der Waals surface area contributed by atoms with Crippen LogP contribution in [0, 0.1) is 29.6 Å². The molecule has 2 aromatic rings. The molecule has 0 heterocycles. The molecule has 0 saturated heterocycles. The average molecular weight is 444 g/mol. The van der Waals surface area contributed by atoms with Gasteiger partial charge in [-0.25, -0.2) is 4.79 Å². The van der Waals surface area contributed by atoms with Crippen LogP contribution in [0.25, 0.3) is 0 Å². The third-order valence-electron chi connectivity index (χ3n) is 4.33. The molecule has 2 rings (SSSR count). The smallest absolute Gasteiger partial charge is 0.411 e. The molecule has 10 heteroatoms. The summed E-state index contributed by atoms with van der Waals surface area (Å²) in [5.74, 6) is -1.17. The van der Waals surface area contributed by atoms with Crippen molar-refractivity contribution in [2.24, 2.45) is 5.10 Å². The van der Waals surface area contributed by atoms with E-state index in [0.717, 1.165) is 0 Å². The number of aryl methyl sites for hydroxylation is 1. The van der Waals surface area contributed by atoms with E-state index in [-0.39, 0.29) is 5.02 Å². The monoisotopic (exact) mass is 443 g/mol. The second-order valence-corrected chi connectivity index (χ2v) is 7.18. The third kappa shape index (κ3) is 4.87. The van der Waals surface area contributed by atoms with Gasteiger partial charge in [0, 0.05) is 10.0 Å². The minimum atomic E-state index is -1.61. The number of imide groups is 1. The SMILES string of the molecule is Cc1cc(C(C)(C#N)c2ccc(Cl)cc2)c(Cl)cc1NN=C(C#N)C(=O)NC(=O)O. The standard InChI is InChI=1S/C20H15Cl2N5O3/c1-11-7-14(20(2,10-24)12-3-5-13(21)6-4-12)15(22)8-16(11)26-27-17(9-23)18(28)25-19(29)30/h3-8,26H,1-2H3,(H,25,28)(H,29,30). The normalized spacial score (nSPS) is 12.8. The number of hydrogen-bond acceptors (Lipinski definition) is 6. The number of rotatable bonds is 5. The largest absolute Gasteiger partial charge is 0.465 e. The van der Waals surface area contributed by atoms with Crippen molar-refractivity contribution in [2.45, 2.75) is 19.3 Å². The highest BCUT2D eigenvalue weighted by molar-refractivity contribution is 6.46. The summed E-state index contributed by atoms with van der Waals surface area (Å²) >= 11 is 12.4. The predicted octanol–water partition coefficient (Wildman–Crippen LogP) is 4.22. The lowest BCUT2D eigenvalue weighted by Gasteiger charge is -2.25. The lowest BCUT2D eigenvalue weighted by Crippen LogP contribution is -2.34. The number of anilines is 1. The van der Waals surface area contributed by atoms with Gasteiger partial charge in [0.15, 0.2) is 0 Å². The topological polar surface area (TPSA) is 138 Å². The Morgan fingerprint density at radius 3 is 2.33 bits per heavy atom. The predicted molar refractivity (Wildman–Crippen MR) is 113 cm³/mol. The van der Waals surface area contributed by atoms with Crippen LogP contribution >= 0.6 is 23.2 Å². The Bertz CT molecular complexity index is 1120. The maximum Gasteiger partial charge on any atom is 0.411 e. The lowest BCUT2D eigenvalue weighted by atomic mass is 9.77. The Balaban J connectivity index is 2.42. The van der Waals surface area contributed by atoms with Crippen molar-refractivity contribution in [3.05, 3.63) is 63.1 Å². The van der Waals surface area contributed by atoms with Crippen LogP contribution in [0.4, 0.5) is 10.5 Å². The fourth-order valence-corrected chi connectivity index (χ4v) is 3.13. The van der Waals surface area contributed by atoms with Crippen LogP contribution in [0.5, 0.6) is 0 Å². The van der Waals surface area contributed by atoms with E-state index in [1.807, 2.05) is 0 Å². The molecule has 0 aromatic heterocycles. The van der Waals surface area contributed by atoms with Crippen molar-refractivity contribution in [3.8, 4) is 12.1 Å². The first-order valence-electron chi connectivity index (χ1n) is 8.38. The van der Waals surface area contributed by atoms with Gasteiger partial charge in [-0.3, -0.25) is 15.5 Å². The highest BCUT2D eigenvalue weighted by Crippen LogP contribution is 2.38. The summed E-state index contributed by atoms with van der Waals surface area (Å²) in [7, 11) is 0. The molecule has 8 nitrogen and oxygen atoms in total. The number of halogens is 2. The van der Waals surface area contributed by atoms with Crippen LogP contribution in [0.15, 0.2) is 41.5 Å². The molecule has 2 amide bonds. The van der Waals surface area contributed by atoms with E-state index < -0.39 is 23.1 Å². The number of carbonyl (C=O) groups excluding carboxylic acids is 1. The maximum atomic E-state index is 11.6. The molecule has 0 radical (unpaired) electrons. The van der Waals surface area contributed by atoms with Gasteiger partial charge in [-0.2, -0.15) is 15.6 Å². The second-order valence-electron chi connectivity index (χ2n) is 6.33. The molecule has 0 spiro atoms. The van der Waals surface area contributed by atoms with Gasteiger partial charge in [0.05, 0.1) is 11.8 Å². The van der Waals surface area contributed by atoms with Crippen LogP contribution in [-0.2, 0) is 10.2 Å². The van der Waals surface area contributed by atoms with Gasteiger partial charge in [-0.05, 0) is 48.7 Å². The van der Waals surface area contributed by atoms with Gasteiger partial charge in [-0.1, -0.05) is 41.4 Å². The Morgan fingerprint density at radius 1 is 1.17 bits per heavy atom. The lowest BCUT2D eigenvalue weighted by molar-refractivity contribution is -0.114. The summed E-state index contributed by atoms with van der Waals surface area (Å²) < 4.78 is 0. The zero-order valence-corrected chi connectivity index (χ0v) is 17.3. The first-order chi connectivity index (χ1) is 14.1. The first kappa shape index (κ1) is 22.7. The van der Waals surface area contributed by atoms with E-state index in [1.54, 1.807) is 44.2 Å². The number of amides is 2. The molecule has 0 aliphatic rings. The molecule has 152 valence electrons. The number of nitriles is 2. The summed E-state index contributed by atoms with van der Waals surface area (Å²) in [6.07, 6.45) is -1.61. The molecule has 0 aliphatic carbocycles. The van der Waals surface area contributed by atoms with Gasteiger partial charge in [0.2, 0.25) is 5.71 Å². The Morgan fingerprint density at radius 2 is 1.80 bits per heavy atom. The molecule has 30 heavy (non-hydrogen) atoms. The maximum absolute atomic E-state index is 11.6. The number of nitrogens with zero attached hydrogens (tertiary/aromatic N) is 3. The van der Waals surface area contributed by atoms with Crippen LogP contribution in [-0.4, -0.2) is 22.8 Å². The number of benzene rings is 2. The van der Waals surface area contributed by atoms with Crippen molar-refractivity contribution in [3.63, 3.8) is 0 Å². The first-order valence-corrected chi connectivity index (χ1v) is 9.14. The number of hydrogen-bond donors (Lipinski definition) is 3. The highest BCUT2D eigenvalue weighted by atomic mass is 35.5. The van der Waals surface area contributed by atoms with Gasteiger partial charge >= 0.3 is 6.09 Å². The van der Waals surface area contributed by atoms with Gasteiger partial charge in [-0.15, -0.1) is 0 Å². The van der Waals surface area contributed by atoms with Crippen molar-refractivity contribution in [1.29, 1.82) is 10.5 Å². The van der Waals surface area contributed by atoms with Crippen molar-refractivity contribution < 1.29 is 14.7 Å². The van der Waals surface area contributed by atoms with Gasteiger partial charge in [0.1, 0.15) is 11.5 Å². The summed E-state index contributed by atoms with van der Waals surface area (Å²) in [6.45, 7) is 3.45. The molecule has 0 aliphatic heterocycles. The summed E-state index contributed by atoms with van der Waals surface area (Å²) in [5.41, 5.74) is 3.03. The van der Waals surface area contributed by atoms with E-state index in [2.05, 4.69) is 16.6 Å². The fraction of sp³-hybridized carbons (Fsp3) is 0.150. The number of carbonyl (C=O) groups is 2. The molecule has 2 aromatic carbocycles. The van der Waals surface area contributed by atoms with Crippen LogP contribution in [0.2, 0.25) is 10.0 Å². The zero-order chi connectivity index (χ0) is 22.5. The molecular weight excluding hydrogens is 429 g/mol. The molecule has 1 atom stereocenters. The third-order valence-corrected chi connectivity index (χ3v) is 4.89. The van der Waals surface area contributed by atoms with E-state index in [1.165, 1.54) is 17.5 Å². The minimum absolute atomic E-state index is 0.255. The summed E-state index contributed by atoms with van der Waals surface area (Å²) in [5, 5.41) is 33.4. The fourth-order valence-electron chi connectivity index (χ4n) is 2.65. The molecule has 0 fully saturated rings. The zero-order valence-electron chi connectivity index (χ0n) is 15.8. The molecule has 1 unspecified atom stereocenters. The average Bonchev–Trinajstić information content (AvgIpc) is 2.70. The summed E-state index contributed by atoms with van der Waals surface area (Å²) in [6, 6.07) is 13.8. The van der Waals surface area contributed by atoms with Crippen LogP contribution in [0.1, 0.15) is 23.6 Å². The van der Waals surface area contributed by atoms with E-state index in [9.17, 15) is 14.9 Å². The second kappa shape index (κ2) is 9.27. The molecule has 0 bridgehead atoms. The minimum Gasteiger partial charge on any atom is -0.465 e. The summed E-state index contributed by atoms with van der Waals surface area (Å²) in [4.78, 5) is 22.1. The van der Waals surface area contributed by atoms with E-state index in [4.69, 9.17) is 33.6 Å². The van der Waals surface area contributed by atoms with Gasteiger partial charge < -0.3 is 5.11 Å². The molecule has 3 N–H and O–H groups in total. The van der Waals surface area contributed by atoms with Gasteiger partial charge in [0.25, 0.3) is 5.91 Å². The van der Waals surface area contributed by atoms with Crippen LogP contribution in [0.3, 0.4) is 0 Å². The number of hydrazone groups is 1. The van der Waals surface area contributed by atoms with Crippen LogP contribution < -0.4 is 10.7 Å². The van der Waals surface area contributed by atoms with Crippen molar-refractivity contribution >= 4 is 46.6 Å². The molecule has 0 saturated carbocycles. The number of nitrogens with one attached hydrogen (secondary N) is 2. The number of carboxylic acid groups (broad SMARTS) is 1. The molecular formula is C20H15Cl2N5O3. The van der Waals surface area contributed by atoms with E-state index in [0.29, 0.717) is 27.4 Å².